The Morgan fingerprint density at radius 1 is 1.17 bits per heavy atom. The molecule has 1 N–H and O–H groups in total. The number of benzene rings is 1. The molecule has 0 amide bonds. The minimum absolute atomic E-state index is 0.187. The molecule has 0 aliphatic heterocycles. The summed E-state index contributed by atoms with van der Waals surface area (Å²) in [5, 5.41) is 18.2. The van der Waals surface area contributed by atoms with E-state index in [2.05, 4.69) is 41.9 Å². The average molecular weight is 411 g/mol. The Hall–Kier alpha value is -2.07. The van der Waals surface area contributed by atoms with E-state index in [0.717, 1.165) is 4.47 Å². The first-order valence-electron chi connectivity index (χ1n) is 7.09. The molecule has 0 radical (unpaired) electrons. The summed E-state index contributed by atoms with van der Waals surface area (Å²) in [5.74, 6) is 0.494. The minimum atomic E-state index is -3.52. The lowest BCUT2D eigenvalue weighted by molar-refractivity contribution is 0.553. The second-order valence-corrected chi connectivity index (χ2v) is 9.31. The maximum Gasteiger partial charge on any atom is 0.200 e. The van der Waals surface area contributed by atoms with Crippen molar-refractivity contribution >= 4 is 37.2 Å². The quantitative estimate of drug-likeness (QED) is 0.685. The third-order valence-corrected chi connectivity index (χ3v) is 6.64. The van der Waals surface area contributed by atoms with Crippen molar-refractivity contribution in [1.82, 2.24) is 25.3 Å². The number of fused-ring (bicyclic) bond motifs is 1. The van der Waals surface area contributed by atoms with Crippen LogP contribution in [-0.2, 0) is 9.84 Å². The third kappa shape index (κ3) is 3.11. The van der Waals surface area contributed by atoms with E-state index in [1.54, 1.807) is 50.2 Å². The number of tetrazole rings is 1. The van der Waals surface area contributed by atoms with Crippen LogP contribution in [0.2, 0.25) is 0 Å². The van der Waals surface area contributed by atoms with Gasteiger partial charge < -0.3 is 5.32 Å². The van der Waals surface area contributed by atoms with Crippen LogP contribution in [0.1, 0.15) is 13.8 Å². The monoisotopic (exact) mass is 410 g/mol. The Morgan fingerprint density at radius 2 is 1.88 bits per heavy atom. The van der Waals surface area contributed by atoms with E-state index in [0.29, 0.717) is 11.5 Å². The molecule has 3 rings (SSSR count). The fourth-order valence-corrected chi connectivity index (χ4v) is 3.73. The van der Waals surface area contributed by atoms with Gasteiger partial charge in [-0.2, -0.15) is 0 Å². The van der Waals surface area contributed by atoms with Gasteiger partial charge in [0.25, 0.3) is 0 Å². The fraction of sp³-hybridized carbons (Fsp3) is 0.286. The van der Waals surface area contributed by atoms with Gasteiger partial charge in [-0.05, 0) is 60.7 Å². The number of halogens is 1. The summed E-state index contributed by atoms with van der Waals surface area (Å²) in [4.78, 5) is 0.279. The molecular weight excluding hydrogens is 396 g/mol. The first-order valence-corrected chi connectivity index (χ1v) is 9.37. The molecule has 0 aliphatic rings. The molecule has 126 valence electrons. The number of nitrogens with one attached hydrogen (secondary N) is 1. The van der Waals surface area contributed by atoms with Crippen LogP contribution in [0.15, 0.2) is 45.8 Å². The fourth-order valence-electron chi connectivity index (χ4n) is 2.08. The van der Waals surface area contributed by atoms with Crippen LogP contribution in [0.3, 0.4) is 0 Å². The lowest BCUT2D eigenvalue weighted by atomic mass is 10.2. The van der Waals surface area contributed by atoms with Gasteiger partial charge in [0.2, 0.25) is 0 Å². The van der Waals surface area contributed by atoms with Crippen molar-refractivity contribution in [3.63, 3.8) is 0 Å². The topological polar surface area (TPSA) is 102 Å². The molecule has 0 bridgehead atoms. The maximum absolute atomic E-state index is 12.8. The Kier molecular flexibility index (Phi) is 4.26. The van der Waals surface area contributed by atoms with E-state index in [9.17, 15) is 8.42 Å². The number of aromatic nitrogens is 5. The summed E-state index contributed by atoms with van der Waals surface area (Å²) in [6, 6.07) is 10.0. The summed E-state index contributed by atoms with van der Waals surface area (Å²) in [5.41, 5.74) is 0.516. The van der Waals surface area contributed by atoms with Gasteiger partial charge in [0, 0.05) is 11.0 Å². The summed E-state index contributed by atoms with van der Waals surface area (Å²) >= 11 is 3.31. The first kappa shape index (κ1) is 16.8. The van der Waals surface area contributed by atoms with E-state index in [-0.39, 0.29) is 11.4 Å². The predicted molar refractivity (Wildman–Crippen MR) is 92.5 cm³/mol. The molecule has 0 saturated heterocycles. The summed E-state index contributed by atoms with van der Waals surface area (Å²) in [7, 11) is -3.52. The van der Waals surface area contributed by atoms with Crippen LogP contribution in [0, 0.1) is 0 Å². The highest BCUT2D eigenvalue weighted by Crippen LogP contribution is 2.26. The van der Waals surface area contributed by atoms with Crippen molar-refractivity contribution < 1.29 is 8.42 Å². The van der Waals surface area contributed by atoms with Gasteiger partial charge in [-0.1, -0.05) is 15.9 Å². The first-order chi connectivity index (χ1) is 11.3. The number of hydrogen-bond donors (Lipinski definition) is 1. The minimum Gasteiger partial charge on any atom is -0.367 e. The van der Waals surface area contributed by atoms with Gasteiger partial charge in [0.05, 0.1) is 9.64 Å². The molecule has 0 saturated carbocycles. The SMILES string of the molecule is CC(C)(CNc1ccc2nnnn2n1)S(=O)(=O)c1ccc(Br)cc1. The lowest BCUT2D eigenvalue weighted by Gasteiger charge is -2.25. The normalized spacial score (nSPS) is 12.5. The molecule has 0 atom stereocenters. The smallest absolute Gasteiger partial charge is 0.200 e. The highest BCUT2D eigenvalue weighted by molar-refractivity contribution is 9.10. The van der Waals surface area contributed by atoms with E-state index in [4.69, 9.17) is 0 Å². The zero-order chi connectivity index (χ0) is 17.4. The maximum atomic E-state index is 12.8. The number of anilines is 1. The molecule has 0 spiro atoms. The van der Waals surface area contributed by atoms with Crippen LogP contribution in [0.25, 0.3) is 5.65 Å². The van der Waals surface area contributed by atoms with Crippen molar-refractivity contribution in [3.8, 4) is 0 Å². The summed E-state index contributed by atoms with van der Waals surface area (Å²) in [6.07, 6.45) is 0. The highest BCUT2D eigenvalue weighted by atomic mass is 79.9. The van der Waals surface area contributed by atoms with Gasteiger partial charge in [-0.3, -0.25) is 0 Å². The number of rotatable bonds is 5. The third-order valence-electron chi connectivity index (χ3n) is 3.62. The van der Waals surface area contributed by atoms with E-state index in [1.165, 1.54) is 4.63 Å². The van der Waals surface area contributed by atoms with Crippen LogP contribution in [-0.4, -0.2) is 45.0 Å². The molecule has 2 heterocycles. The molecule has 0 fully saturated rings. The second-order valence-electron chi connectivity index (χ2n) is 5.82. The number of hydrogen-bond acceptors (Lipinski definition) is 7. The molecule has 24 heavy (non-hydrogen) atoms. The van der Waals surface area contributed by atoms with Gasteiger partial charge in [0.1, 0.15) is 5.82 Å². The van der Waals surface area contributed by atoms with Crippen molar-refractivity contribution in [2.24, 2.45) is 0 Å². The van der Waals surface area contributed by atoms with Gasteiger partial charge >= 0.3 is 0 Å². The Labute approximate surface area is 147 Å². The van der Waals surface area contributed by atoms with Crippen LogP contribution < -0.4 is 5.32 Å². The zero-order valence-corrected chi connectivity index (χ0v) is 15.4. The average Bonchev–Trinajstić information content (AvgIpc) is 3.01. The number of sulfone groups is 1. The lowest BCUT2D eigenvalue weighted by Crippen LogP contribution is -2.39. The molecule has 1 aromatic carbocycles. The van der Waals surface area contributed by atoms with Gasteiger partial charge in [0.15, 0.2) is 15.5 Å². The largest absolute Gasteiger partial charge is 0.367 e. The Morgan fingerprint density at radius 3 is 2.58 bits per heavy atom. The molecule has 2 aromatic heterocycles. The van der Waals surface area contributed by atoms with E-state index in [1.807, 2.05) is 0 Å². The van der Waals surface area contributed by atoms with Crippen molar-refractivity contribution in [2.75, 3.05) is 11.9 Å². The highest BCUT2D eigenvalue weighted by Gasteiger charge is 2.35. The van der Waals surface area contributed by atoms with Gasteiger partial charge in [-0.25, -0.2) is 8.42 Å². The van der Waals surface area contributed by atoms with Crippen LogP contribution >= 0.6 is 15.9 Å². The molecular formula is C14H15BrN6O2S. The van der Waals surface area contributed by atoms with E-state index < -0.39 is 14.6 Å². The number of nitrogens with zero attached hydrogens (tertiary/aromatic N) is 5. The molecule has 0 aliphatic carbocycles. The Balaban J connectivity index is 1.80. The molecule has 8 nitrogen and oxygen atoms in total. The second kappa shape index (κ2) is 6.10. The summed E-state index contributed by atoms with van der Waals surface area (Å²) in [6.45, 7) is 3.53. The predicted octanol–water partition coefficient (Wildman–Crippen LogP) is 1.95. The van der Waals surface area contributed by atoms with Crippen molar-refractivity contribution in [1.29, 1.82) is 0 Å². The molecule has 3 aromatic rings. The van der Waals surface area contributed by atoms with Crippen molar-refractivity contribution in [2.45, 2.75) is 23.5 Å². The Bertz CT molecular complexity index is 968. The standard InChI is InChI=1S/C14H15BrN6O2S/c1-14(2,24(22,23)11-5-3-10(15)4-6-11)9-16-12-7-8-13-17-19-20-21(13)18-12/h3-8H,9H2,1-2H3,(H,16,18). The van der Waals surface area contributed by atoms with Crippen LogP contribution in [0.4, 0.5) is 5.82 Å². The van der Waals surface area contributed by atoms with Crippen molar-refractivity contribution in [3.05, 3.63) is 40.9 Å². The summed E-state index contributed by atoms with van der Waals surface area (Å²) < 4.78 is 26.8. The van der Waals surface area contributed by atoms with Gasteiger partial charge in [-0.15, -0.1) is 14.8 Å². The van der Waals surface area contributed by atoms with E-state index >= 15 is 0 Å². The molecule has 10 heteroatoms. The zero-order valence-electron chi connectivity index (χ0n) is 13.0. The van der Waals surface area contributed by atoms with Crippen LogP contribution in [0.5, 0.6) is 0 Å². The molecule has 0 unspecified atom stereocenters.